The van der Waals surface area contributed by atoms with E-state index in [1.807, 2.05) is 0 Å². The number of carbonyl (C=O) groups excluding carboxylic acids is 4. The molecule has 5 atom stereocenters. The molecule has 0 saturated heterocycles. The number of aliphatic hydroxyl groups is 1. The third-order valence-electron chi connectivity index (χ3n) is 14.2. The average Bonchev–Trinajstić information content (AvgIpc) is 3.46. The summed E-state index contributed by atoms with van der Waals surface area (Å²) in [5.41, 5.74) is 0. The van der Waals surface area contributed by atoms with Gasteiger partial charge < -0.3 is 33.8 Å². The lowest BCUT2D eigenvalue weighted by Gasteiger charge is -2.21. The molecule has 0 aliphatic carbocycles. The number of ether oxygens (including phenoxy) is 4. The molecule has 0 aliphatic rings. The maximum absolute atomic E-state index is 13.0. The average molecular weight is 1220 g/mol. The van der Waals surface area contributed by atoms with Gasteiger partial charge in [-0.25, -0.2) is 9.13 Å². The molecule has 2 unspecified atom stereocenters. The maximum atomic E-state index is 13.0. The van der Waals surface area contributed by atoms with Crippen molar-refractivity contribution >= 4 is 39.5 Å². The normalized spacial score (nSPS) is 14.3. The molecule has 0 aliphatic heterocycles. The first-order valence-corrected chi connectivity index (χ1v) is 36.1. The molecule has 0 spiro atoms. The van der Waals surface area contributed by atoms with E-state index in [0.717, 1.165) is 103 Å². The minimum absolute atomic E-state index is 0.0853. The highest BCUT2D eigenvalue weighted by atomic mass is 31.2. The van der Waals surface area contributed by atoms with Gasteiger partial charge in [0.2, 0.25) is 0 Å². The Morgan fingerprint density at radius 1 is 0.337 bits per heavy atom. The smallest absolute Gasteiger partial charge is 0.462 e. The Morgan fingerprint density at radius 3 is 0.880 bits per heavy atom. The van der Waals surface area contributed by atoms with Crippen LogP contribution in [0.4, 0.5) is 0 Å². The van der Waals surface area contributed by atoms with Gasteiger partial charge in [0, 0.05) is 25.7 Å². The van der Waals surface area contributed by atoms with Crippen molar-refractivity contribution in [3.63, 3.8) is 0 Å². The molecule has 0 fully saturated rings. The number of hydrogen-bond acceptors (Lipinski definition) is 15. The van der Waals surface area contributed by atoms with Gasteiger partial charge in [-0.1, -0.05) is 251 Å². The predicted octanol–water partition coefficient (Wildman–Crippen LogP) is 17.5. The van der Waals surface area contributed by atoms with E-state index < -0.39 is 97.5 Å². The maximum Gasteiger partial charge on any atom is 0.472 e. The van der Waals surface area contributed by atoms with Gasteiger partial charge in [0.05, 0.1) is 26.4 Å². The number of hydrogen-bond donors (Lipinski definition) is 3. The summed E-state index contributed by atoms with van der Waals surface area (Å²) < 4.78 is 67.9. The monoisotopic (exact) mass is 1220 g/mol. The summed E-state index contributed by atoms with van der Waals surface area (Å²) in [6.07, 6.45) is 46.6. The lowest BCUT2D eigenvalue weighted by Crippen LogP contribution is -2.30. The zero-order valence-corrected chi connectivity index (χ0v) is 54.4. The SMILES string of the molecule is CCCCCC/C=C\C=C/CCCCCCCC(=O)O[C@H](COC(=O)CCCCCCCCCCCC)COP(=O)(O)OC[C@@H](O)COP(=O)(O)OC[C@@H](COC(=O)CCCCCCCCCCC)OC(=O)CCCCCCCCCCC. The van der Waals surface area contributed by atoms with E-state index in [1.165, 1.54) is 122 Å². The molecule has 19 heteroatoms. The van der Waals surface area contributed by atoms with Crippen LogP contribution < -0.4 is 0 Å². The van der Waals surface area contributed by atoms with E-state index >= 15 is 0 Å². The van der Waals surface area contributed by atoms with Crippen molar-refractivity contribution in [3.8, 4) is 0 Å². The van der Waals surface area contributed by atoms with Crippen molar-refractivity contribution in [2.24, 2.45) is 0 Å². The van der Waals surface area contributed by atoms with Crippen molar-refractivity contribution < 1.29 is 80.2 Å². The molecule has 0 radical (unpaired) electrons. The number of unbranched alkanes of at least 4 members (excludes halogenated alkanes) is 34. The molecule has 0 aromatic rings. The Labute approximate surface area is 503 Å². The van der Waals surface area contributed by atoms with Crippen molar-refractivity contribution in [1.29, 1.82) is 0 Å². The molecular weight excluding hydrogens is 1100 g/mol. The number of esters is 4. The molecule has 0 heterocycles. The van der Waals surface area contributed by atoms with Crippen LogP contribution in [0.25, 0.3) is 0 Å². The van der Waals surface area contributed by atoms with E-state index in [0.29, 0.717) is 25.7 Å². The largest absolute Gasteiger partial charge is 0.472 e. The standard InChI is InChI=1S/C64H120O17P2/c1-5-9-13-17-21-25-27-28-29-30-31-35-39-43-47-51-64(69)81-60(55-75-62(67)49-45-41-37-34-26-22-18-14-10-6-2)57-79-83(72,73)77-53-58(65)52-76-82(70,71)78-56-59(80-63(68)50-46-42-38-33-24-20-16-12-8-4)54-74-61(66)48-44-40-36-32-23-19-15-11-7-3/h25,27-29,58-60,65H,5-24,26,30-57H2,1-4H3,(H,70,71)(H,72,73)/b27-25-,29-28-/t58-,59+,60+/m0/s1. The molecule has 0 rings (SSSR count). The van der Waals surface area contributed by atoms with Crippen LogP contribution in [0.2, 0.25) is 0 Å². The highest BCUT2D eigenvalue weighted by Crippen LogP contribution is 2.45. The zero-order valence-electron chi connectivity index (χ0n) is 52.6. The Balaban J connectivity index is 5.25. The Kier molecular flexibility index (Phi) is 56.8. The molecular formula is C64H120O17P2. The Hall–Kier alpha value is -2.46. The van der Waals surface area contributed by atoms with Gasteiger partial charge in [-0.2, -0.15) is 0 Å². The lowest BCUT2D eigenvalue weighted by atomic mass is 10.1. The fraction of sp³-hybridized carbons (Fsp3) is 0.875. The van der Waals surface area contributed by atoms with Crippen LogP contribution in [0.1, 0.15) is 304 Å². The van der Waals surface area contributed by atoms with E-state index in [2.05, 4.69) is 52.0 Å². The fourth-order valence-corrected chi connectivity index (χ4v) is 10.7. The number of rotatable bonds is 63. The second kappa shape index (κ2) is 58.6. The molecule has 3 N–H and O–H groups in total. The van der Waals surface area contributed by atoms with Gasteiger partial charge in [-0.15, -0.1) is 0 Å². The molecule has 488 valence electrons. The lowest BCUT2D eigenvalue weighted by molar-refractivity contribution is -0.161. The molecule has 0 aromatic heterocycles. The van der Waals surface area contributed by atoms with E-state index in [-0.39, 0.29) is 25.7 Å². The predicted molar refractivity (Wildman–Crippen MR) is 331 cm³/mol. The summed E-state index contributed by atoms with van der Waals surface area (Å²) in [6.45, 7) is 4.79. The molecule has 0 aromatic carbocycles. The van der Waals surface area contributed by atoms with Crippen molar-refractivity contribution in [2.75, 3.05) is 39.6 Å². The molecule has 83 heavy (non-hydrogen) atoms. The number of allylic oxidation sites excluding steroid dienone is 4. The highest BCUT2D eigenvalue weighted by molar-refractivity contribution is 7.47. The summed E-state index contributed by atoms with van der Waals surface area (Å²) in [6, 6.07) is 0. The number of carbonyl (C=O) groups is 4. The first kappa shape index (κ1) is 80.5. The minimum atomic E-state index is -4.95. The number of phosphoric acid groups is 2. The van der Waals surface area contributed by atoms with E-state index in [1.54, 1.807) is 0 Å². The van der Waals surface area contributed by atoms with Gasteiger partial charge in [0.25, 0.3) is 0 Å². The van der Waals surface area contributed by atoms with Crippen molar-refractivity contribution in [3.05, 3.63) is 24.3 Å². The Morgan fingerprint density at radius 2 is 0.578 bits per heavy atom. The third kappa shape index (κ3) is 58.3. The number of phosphoric ester groups is 2. The summed E-state index contributed by atoms with van der Waals surface area (Å²) >= 11 is 0. The van der Waals surface area contributed by atoms with Crippen molar-refractivity contribution in [1.82, 2.24) is 0 Å². The van der Waals surface area contributed by atoms with Crippen LogP contribution in [0, 0.1) is 0 Å². The third-order valence-corrected chi connectivity index (χ3v) is 16.1. The Bertz CT molecular complexity index is 1700. The summed E-state index contributed by atoms with van der Waals surface area (Å²) in [7, 11) is -9.89. The zero-order chi connectivity index (χ0) is 61.2. The van der Waals surface area contributed by atoms with Crippen LogP contribution in [0.3, 0.4) is 0 Å². The van der Waals surface area contributed by atoms with Gasteiger partial charge in [-0.3, -0.25) is 37.3 Å². The summed E-state index contributed by atoms with van der Waals surface area (Å²) in [5.74, 6) is -2.16. The van der Waals surface area contributed by atoms with Gasteiger partial charge in [-0.05, 0) is 51.4 Å². The fourth-order valence-electron chi connectivity index (χ4n) is 9.09. The van der Waals surface area contributed by atoms with Gasteiger partial charge in [0.15, 0.2) is 12.2 Å². The first-order valence-electron chi connectivity index (χ1n) is 33.1. The van der Waals surface area contributed by atoms with Crippen LogP contribution in [-0.4, -0.2) is 96.7 Å². The quantitative estimate of drug-likeness (QED) is 0.0169. The van der Waals surface area contributed by atoms with Crippen LogP contribution in [0.15, 0.2) is 24.3 Å². The van der Waals surface area contributed by atoms with Crippen LogP contribution >= 0.6 is 15.6 Å². The van der Waals surface area contributed by atoms with Crippen LogP contribution in [-0.2, 0) is 65.4 Å². The van der Waals surface area contributed by atoms with Crippen molar-refractivity contribution in [2.45, 2.75) is 322 Å². The highest BCUT2D eigenvalue weighted by Gasteiger charge is 2.30. The minimum Gasteiger partial charge on any atom is -0.462 e. The van der Waals surface area contributed by atoms with Gasteiger partial charge in [0.1, 0.15) is 19.3 Å². The number of aliphatic hydroxyl groups excluding tert-OH is 1. The van der Waals surface area contributed by atoms with Gasteiger partial charge >= 0.3 is 39.5 Å². The second-order valence-corrected chi connectivity index (χ2v) is 25.4. The summed E-state index contributed by atoms with van der Waals surface area (Å²) in [5, 5.41) is 10.5. The first-order chi connectivity index (χ1) is 40.2. The molecule has 0 bridgehead atoms. The summed E-state index contributed by atoms with van der Waals surface area (Å²) in [4.78, 5) is 72.1. The topological polar surface area (TPSA) is 237 Å². The molecule has 0 saturated carbocycles. The molecule has 17 nitrogen and oxygen atoms in total. The molecule has 0 amide bonds. The second-order valence-electron chi connectivity index (χ2n) is 22.5. The van der Waals surface area contributed by atoms with Crippen LogP contribution in [0.5, 0.6) is 0 Å². The van der Waals surface area contributed by atoms with E-state index in [4.69, 9.17) is 37.0 Å². The van der Waals surface area contributed by atoms with E-state index in [9.17, 15) is 43.2 Å².